The average molecular weight is 222 g/mol. The molecule has 1 aromatic rings. The maximum absolute atomic E-state index is 11.7. The van der Waals surface area contributed by atoms with Crippen LogP contribution in [0.15, 0.2) is 18.2 Å². The van der Waals surface area contributed by atoms with Gasteiger partial charge in [-0.05, 0) is 18.6 Å². The number of carboxylic acids is 1. The van der Waals surface area contributed by atoms with E-state index in [4.69, 9.17) is 5.11 Å². The molecule has 0 aliphatic carbocycles. The second-order valence-electron chi connectivity index (χ2n) is 3.53. The summed E-state index contributed by atoms with van der Waals surface area (Å²) in [6.07, 6.45) is 1.79. The van der Waals surface area contributed by atoms with Crippen LogP contribution < -0.4 is 0 Å². The lowest BCUT2D eigenvalue weighted by Gasteiger charge is -2.06. The van der Waals surface area contributed by atoms with E-state index in [1.165, 1.54) is 18.2 Å². The van der Waals surface area contributed by atoms with Crippen molar-refractivity contribution in [2.45, 2.75) is 26.2 Å². The first-order chi connectivity index (χ1) is 7.57. The highest BCUT2D eigenvalue weighted by Crippen LogP contribution is 2.23. The molecule has 0 aliphatic heterocycles. The molecule has 0 radical (unpaired) electrons. The Bertz CT molecular complexity index is 409. The zero-order chi connectivity index (χ0) is 12.1. The Hall–Kier alpha value is -1.84. The lowest BCUT2D eigenvalue weighted by molar-refractivity contribution is 0.0691. The van der Waals surface area contributed by atoms with Gasteiger partial charge in [-0.1, -0.05) is 19.4 Å². The molecule has 0 heterocycles. The Labute approximate surface area is 93.5 Å². The number of carboxylic acid groups (broad SMARTS) is 1. The van der Waals surface area contributed by atoms with E-state index >= 15 is 0 Å². The van der Waals surface area contributed by atoms with Crippen molar-refractivity contribution >= 4 is 11.8 Å². The first-order valence-electron chi connectivity index (χ1n) is 5.16. The summed E-state index contributed by atoms with van der Waals surface area (Å²) in [5, 5.41) is 18.4. The summed E-state index contributed by atoms with van der Waals surface area (Å²) in [6.45, 7) is 1.94. The van der Waals surface area contributed by atoms with Crippen molar-refractivity contribution in [3.63, 3.8) is 0 Å². The van der Waals surface area contributed by atoms with E-state index in [9.17, 15) is 14.7 Å². The zero-order valence-corrected chi connectivity index (χ0v) is 9.06. The number of phenolic OH excluding ortho intramolecular Hbond substituents is 1. The van der Waals surface area contributed by atoms with Gasteiger partial charge < -0.3 is 10.2 Å². The maximum atomic E-state index is 11.7. The quantitative estimate of drug-likeness (QED) is 0.750. The van der Waals surface area contributed by atoms with Gasteiger partial charge in [-0.2, -0.15) is 0 Å². The fourth-order valence-corrected chi connectivity index (χ4v) is 1.47. The van der Waals surface area contributed by atoms with Gasteiger partial charge in [0.2, 0.25) is 0 Å². The minimum absolute atomic E-state index is 0.0801. The molecule has 0 unspecified atom stereocenters. The smallest absolute Gasteiger partial charge is 0.336 e. The highest BCUT2D eigenvalue weighted by molar-refractivity contribution is 6.07. The first-order valence-corrected chi connectivity index (χ1v) is 5.16. The van der Waals surface area contributed by atoms with E-state index in [1.54, 1.807) is 0 Å². The molecule has 0 atom stereocenters. The molecule has 0 aliphatic rings. The Morgan fingerprint density at radius 3 is 2.56 bits per heavy atom. The van der Waals surface area contributed by atoms with Gasteiger partial charge in [0, 0.05) is 6.42 Å². The molecule has 4 heteroatoms. The molecule has 4 nitrogen and oxygen atoms in total. The summed E-state index contributed by atoms with van der Waals surface area (Å²) < 4.78 is 0. The van der Waals surface area contributed by atoms with E-state index < -0.39 is 5.97 Å². The highest BCUT2D eigenvalue weighted by Gasteiger charge is 2.19. The van der Waals surface area contributed by atoms with Crippen molar-refractivity contribution in [1.29, 1.82) is 0 Å². The van der Waals surface area contributed by atoms with Crippen LogP contribution in [-0.2, 0) is 0 Å². The number of Topliss-reactive ketones (excluding diaryl/α,β-unsaturated/α-hetero) is 1. The number of aromatic carboxylic acids is 1. The number of carbonyl (C=O) groups is 2. The van der Waals surface area contributed by atoms with Crippen LogP contribution in [0.4, 0.5) is 0 Å². The number of phenols is 1. The van der Waals surface area contributed by atoms with Crippen molar-refractivity contribution in [1.82, 2.24) is 0 Å². The third kappa shape index (κ3) is 2.59. The van der Waals surface area contributed by atoms with Crippen molar-refractivity contribution in [3.05, 3.63) is 29.3 Å². The lowest BCUT2D eigenvalue weighted by atomic mass is 9.99. The van der Waals surface area contributed by atoms with Crippen molar-refractivity contribution in [3.8, 4) is 5.75 Å². The number of unbranched alkanes of at least 4 members (excludes halogenated alkanes) is 1. The Morgan fingerprint density at radius 1 is 1.31 bits per heavy atom. The molecule has 1 rings (SSSR count). The predicted octanol–water partition coefficient (Wildman–Crippen LogP) is 2.46. The summed E-state index contributed by atoms with van der Waals surface area (Å²) in [6, 6.07) is 4.06. The Morgan fingerprint density at radius 2 is 2.00 bits per heavy atom. The summed E-state index contributed by atoms with van der Waals surface area (Å²) in [5.74, 6) is -1.78. The monoisotopic (exact) mass is 222 g/mol. The largest absolute Gasteiger partial charge is 0.507 e. The summed E-state index contributed by atoms with van der Waals surface area (Å²) in [5.41, 5.74) is -0.218. The molecule has 0 saturated heterocycles. The summed E-state index contributed by atoms with van der Waals surface area (Å²) in [4.78, 5) is 22.6. The van der Waals surface area contributed by atoms with Crippen molar-refractivity contribution in [2.24, 2.45) is 0 Å². The second kappa shape index (κ2) is 5.30. The van der Waals surface area contributed by atoms with Crippen LogP contribution in [-0.4, -0.2) is 22.0 Å². The van der Waals surface area contributed by atoms with E-state index in [0.717, 1.165) is 6.42 Å². The molecule has 1 aromatic carbocycles. The molecular formula is C12H14O4. The topological polar surface area (TPSA) is 74.6 Å². The maximum Gasteiger partial charge on any atom is 0.336 e. The molecule has 16 heavy (non-hydrogen) atoms. The molecular weight excluding hydrogens is 208 g/mol. The first kappa shape index (κ1) is 12.2. The molecule has 0 saturated carbocycles. The number of benzene rings is 1. The molecule has 0 fully saturated rings. The summed E-state index contributed by atoms with van der Waals surface area (Å²) in [7, 11) is 0. The van der Waals surface area contributed by atoms with Crippen LogP contribution in [0.5, 0.6) is 5.75 Å². The Balaban J connectivity index is 3.10. The molecule has 0 aromatic heterocycles. The van der Waals surface area contributed by atoms with Crippen LogP contribution in [0.1, 0.15) is 46.9 Å². The molecule has 0 bridgehead atoms. The number of hydrogen-bond donors (Lipinski definition) is 2. The SMILES string of the molecule is CCCCC(=O)c1c(O)cccc1C(=O)O. The standard InChI is InChI=1S/C12H14O4/c1-2-3-6-9(13)11-8(12(15)16)5-4-7-10(11)14/h4-5,7,14H,2-3,6H2,1H3,(H,15,16). The van der Waals surface area contributed by atoms with E-state index in [2.05, 4.69) is 0 Å². The van der Waals surface area contributed by atoms with Gasteiger partial charge in [0.15, 0.2) is 5.78 Å². The van der Waals surface area contributed by atoms with Gasteiger partial charge in [-0.3, -0.25) is 4.79 Å². The predicted molar refractivity (Wildman–Crippen MR) is 58.9 cm³/mol. The number of carbonyl (C=O) groups excluding carboxylic acids is 1. The lowest BCUT2D eigenvalue weighted by Crippen LogP contribution is -2.08. The van der Waals surface area contributed by atoms with E-state index in [1.807, 2.05) is 6.92 Å². The highest BCUT2D eigenvalue weighted by atomic mass is 16.4. The van der Waals surface area contributed by atoms with Crippen molar-refractivity contribution in [2.75, 3.05) is 0 Å². The molecule has 2 N–H and O–H groups in total. The number of rotatable bonds is 5. The van der Waals surface area contributed by atoms with Crippen LogP contribution in [0, 0.1) is 0 Å². The minimum atomic E-state index is -1.20. The molecule has 86 valence electrons. The normalized spacial score (nSPS) is 10.1. The minimum Gasteiger partial charge on any atom is -0.507 e. The number of ketones is 1. The van der Waals surface area contributed by atoms with Crippen LogP contribution >= 0.6 is 0 Å². The average Bonchev–Trinajstić information content (AvgIpc) is 2.25. The van der Waals surface area contributed by atoms with Crippen LogP contribution in [0.2, 0.25) is 0 Å². The van der Waals surface area contributed by atoms with Gasteiger partial charge in [0.25, 0.3) is 0 Å². The van der Waals surface area contributed by atoms with Crippen molar-refractivity contribution < 1.29 is 19.8 Å². The van der Waals surface area contributed by atoms with E-state index in [0.29, 0.717) is 6.42 Å². The fourth-order valence-electron chi connectivity index (χ4n) is 1.47. The van der Waals surface area contributed by atoms with Gasteiger partial charge in [0.05, 0.1) is 11.1 Å². The third-order valence-corrected chi connectivity index (χ3v) is 2.31. The Kier molecular flexibility index (Phi) is 4.05. The summed E-state index contributed by atoms with van der Waals surface area (Å²) >= 11 is 0. The number of hydrogen-bond acceptors (Lipinski definition) is 3. The fraction of sp³-hybridized carbons (Fsp3) is 0.333. The van der Waals surface area contributed by atoms with Gasteiger partial charge >= 0.3 is 5.97 Å². The third-order valence-electron chi connectivity index (χ3n) is 2.31. The van der Waals surface area contributed by atoms with Crippen LogP contribution in [0.3, 0.4) is 0 Å². The van der Waals surface area contributed by atoms with Gasteiger partial charge in [-0.25, -0.2) is 4.79 Å². The van der Waals surface area contributed by atoms with Crippen LogP contribution in [0.25, 0.3) is 0 Å². The zero-order valence-electron chi connectivity index (χ0n) is 9.06. The number of aromatic hydroxyl groups is 1. The second-order valence-corrected chi connectivity index (χ2v) is 3.53. The molecule has 0 spiro atoms. The van der Waals surface area contributed by atoms with Gasteiger partial charge in [-0.15, -0.1) is 0 Å². The van der Waals surface area contributed by atoms with E-state index in [-0.39, 0.29) is 29.1 Å². The van der Waals surface area contributed by atoms with Gasteiger partial charge in [0.1, 0.15) is 5.75 Å². The molecule has 0 amide bonds.